The van der Waals surface area contributed by atoms with Crippen LogP contribution in [0.4, 0.5) is 0 Å². The topological polar surface area (TPSA) is 70.4 Å². The van der Waals surface area contributed by atoms with E-state index in [2.05, 4.69) is 46.4 Å². The van der Waals surface area contributed by atoms with E-state index in [-0.39, 0.29) is 43.3 Å². The first-order valence-corrected chi connectivity index (χ1v) is 10.1. The summed E-state index contributed by atoms with van der Waals surface area (Å²) in [5.41, 5.74) is 1.46. The van der Waals surface area contributed by atoms with Crippen molar-refractivity contribution in [1.82, 2.24) is 9.97 Å². The van der Waals surface area contributed by atoms with Crippen LogP contribution in [-0.2, 0) is 21.1 Å². The Labute approximate surface area is 198 Å². The predicted molar refractivity (Wildman–Crippen MR) is 130 cm³/mol. The van der Waals surface area contributed by atoms with Gasteiger partial charge in [0.2, 0.25) is 0 Å². The van der Waals surface area contributed by atoms with Gasteiger partial charge in [0.05, 0.1) is 11.0 Å². The van der Waals surface area contributed by atoms with Crippen LogP contribution in [0.5, 0.6) is 0 Å². The summed E-state index contributed by atoms with van der Waals surface area (Å²) in [5.74, 6) is 0. The van der Waals surface area contributed by atoms with Gasteiger partial charge in [-0.15, -0.1) is 0 Å². The molecular weight excluding hydrogens is 563 g/mol. The van der Waals surface area contributed by atoms with Crippen LogP contribution in [0.3, 0.4) is 0 Å². The van der Waals surface area contributed by atoms with E-state index in [0.717, 1.165) is 27.2 Å². The molecule has 0 spiro atoms. The van der Waals surface area contributed by atoms with Crippen LogP contribution in [0, 0.1) is 10.8 Å². The Morgan fingerprint density at radius 2 is 0.968 bits per heavy atom. The number of aromatic nitrogens is 2. The molecule has 0 aliphatic heterocycles. The number of hydrogen-bond donors (Lipinski definition) is 0. The third kappa shape index (κ3) is 5.43. The molecule has 0 unspecified atom stereocenters. The molecular formula is C26H28N4Pt. The fraction of sp³-hybridized carbons (Fsp3) is 0.308. The zero-order valence-electron chi connectivity index (χ0n) is 18.9. The minimum Gasteiger partial charge on any atom is -0.808 e. The van der Waals surface area contributed by atoms with Crippen LogP contribution in [0.25, 0.3) is 43.4 Å². The molecule has 2 aromatic carbocycles. The molecule has 0 saturated carbocycles. The van der Waals surface area contributed by atoms with E-state index >= 15 is 0 Å². The standard InChI is InChI=1S/C16H10N2.C10H18N2.Pt/c1-3-12-7-5-11-6-8-13-4-2-10-18-16(13)14(11)15(12)17-9-1;1-9(2,3)7(11)8(12)10(4,5)6;/h1-10H;1-6H3;/q;-2;+2. The molecule has 2 aromatic heterocycles. The summed E-state index contributed by atoms with van der Waals surface area (Å²) in [6.45, 7) is 11.2. The zero-order valence-corrected chi connectivity index (χ0v) is 21.2. The van der Waals surface area contributed by atoms with Gasteiger partial charge in [0, 0.05) is 28.6 Å². The summed E-state index contributed by atoms with van der Waals surface area (Å²) in [6, 6.07) is 16.6. The average Bonchev–Trinajstić information content (AvgIpc) is 2.71. The van der Waals surface area contributed by atoms with Crippen molar-refractivity contribution < 1.29 is 21.1 Å². The maximum Gasteiger partial charge on any atom is 2.00 e. The Kier molecular flexibility index (Phi) is 7.49. The Morgan fingerprint density at radius 3 is 1.32 bits per heavy atom. The first kappa shape index (κ1) is 24.8. The number of fused-ring (bicyclic) bond motifs is 5. The second-order valence-electron chi connectivity index (χ2n) is 9.58. The fourth-order valence-electron chi connectivity index (χ4n) is 3.20. The van der Waals surface area contributed by atoms with Gasteiger partial charge in [0.1, 0.15) is 0 Å². The smallest absolute Gasteiger partial charge is 0.808 e. The van der Waals surface area contributed by atoms with Crippen molar-refractivity contribution in [3.63, 3.8) is 0 Å². The van der Waals surface area contributed by atoms with Gasteiger partial charge in [-0.2, -0.15) is 11.4 Å². The van der Waals surface area contributed by atoms with Gasteiger partial charge in [-0.25, -0.2) is 0 Å². The van der Waals surface area contributed by atoms with E-state index < -0.39 is 0 Å². The molecule has 162 valence electrons. The number of nitrogens with zero attached hydrogens (tertiary/aromatic N) is 4. The first-order valence-electron chi connectivity index (χ1n) is 10.1. The first-order chi connectivity index (χ1) is 14.0. The van der Waals surface area contributed by atoms with Crippen molar-refractivity contribution in [2.24, 2.45) is 10.8 Å². The largest absolute Gasteiger partial charge is 2.00 e. The minimum atomic E-state index is -0.378. The summed E-state index contributed by atoms with van der Waals surface area (Å²) < 4.78 is 0. The quantitative estimate of drug-likeness (QED) is 0.176. The molecule has 0 atom stereocenters. The van der Waals surface area contributed by atoms with Crippen molar-refractivity contribution in [3.8, 4) is 0 Å². The second-order valence-corrected chi connectivity index (χ2v) is 9.58. The van der Waals surface area contributed by atoms with Gasteiger partial charge in [-0.05, 0) is 28.3 Å². The second kappa shape index (κ2) is 9.36. The Hall–Kier alpha value is -2.45. The van der Waals surface area contributed by atoms with Gasteiger partial charge < -0.3 is 10.8 Å². The van der Waals surface area contributed by atoms with Gasteiger partial charge in [0.25, 0.3) is 0 Å². The van der Waals surface area contributed by atoms with Crippen LogP contribution in [0.15, 0.2) is 60.9 Å². The van der Waals surface area contributed by atoms with Gasteiger partial charge in [-0.1, -0.05) is 77.9 Å². The molecule has 0 aliphatic carbocycles. The third-order valence-corrected chi connectivity index (χ3v) is 4.97. The molecule has 0 fully saturated rings. The van der Waals surface area contributed by atoms with E-state index in [9.17, 15) is 10.8 Å². The average molecular weight is 592 g/mol. The predicted octanol–water partition coefficient (Wildman–Crippen LogP) is 7.03. The molecule has 2 heterocycles. The number of rotatable bonds is 1. The third-order valence-electron chi connectivity index (χ3n) is 4.97. The van der Waals surface area contributed by atoms with Crippen LogP contribution < -0.4 is 0 Å². The van der Waals surface area contributed by atoms with Crippen LogP contribution >= 0.6 is 0 Å². The van der Waals surface area contributed by atoms with Crippen LogP contribution in [0.1, 0.15) is 41.5 Å². The molecule has 0 radical (unpaired) electrons. The molecule has 0 aliphatic rings. The molecule has 0 amide bonds. The molecule has 0 N–H and O–H groups in total. The van der Waals surface area contributed by atoms with E-state index in [1.165, 1.54) is 5.39 Å². The van der Waals surface area contributed by atoms with Gasteiger partial charge in [-0.3, -0.25) is 9.97 Å². The number of hydrogen-bond acceptors (Lipinski definition) is 2. The summed E-state index contributed by atoms with van der Waals surface area (Å²) in [4.78, 5) is 9.04. The fourth-order valence-corrected chi connectivity index (χ4v) is 3.20. The summed E-state index contributed by atoms with van der Waals surface area (Å²) >= 11 is 0. The molecule has 31 heavy (non-hydrogen) atoms. The SMILES string of the molecule is CC(C)(C)C(=[N-])C(=[N-])C(C)(C)C.[Pt+2].c1cnc2c(c1)ccc1ccc3cccnc3c12. The number of pyridine rings is 2. The van der Waals surface area contributed by atoms with Crippen molar-refractivity contribution >= 4 is 44.0 Å². The van der Waals surface area contributed by atoms with Crippen molar-refractivity contribution in [2.75, 3.05) is 0 Å². The number of benzene rings is 2. The van der Waals surface area contributed by atoms with E-state index in [1.54, 1.807) is 0 Å². The Bertz CT molecular complexity index is 1150. The molecule has 4 nitrogen and oxygen atoms in total. The van der Waals surface area contributed by atoms with Crippen molar-refractivity contribution in [2.45, 2.75) is 41.5 Å². The molecule has 4 aromatic rings. The van der Waals surface area contributed by atoms with Gasteiger partial charge in [0.15, 0.2) is 0 Å². The Balaban J connectivity index is 0.000000234. The minimum absolute atomic E-state index is 0. The molecule has 4 rings (SSSR count). The van der Waals surface area contributed by atoms with Gasteiger partial charge >= 0.3 is 21.1 Å². The Morgan fingerprint density at radius 1 is 0.613 bits per heavy atom. The maximum absolute atomic E-state index is 9.62. The van der Waals surface area contributed by atoms with E-state index in [4.69, 9.17) is 0 Å². The monoisotopic (exact) mass is 591 g/mol. The van der Waals surface area contributed by atoms with Crippen LogP contribution in [0.2, 0.25) is 0 Å². The van der Waals surface area contributed by atoms with E-state index in [0.29, 0.717) is 0 Å². The van der Waals surface area contributed by atoms with Crippen LogP contribution in [-0.4, -0.2) is 21.4 Å². The summed E-state index contributed by atoms with van der Waals surface area (Å²) in [7, 11) is 0. The van der Waals surface area contributed by atoms with Crippen molar-refractivity contribution in [1.29, 1.82) is 0 Å². The van der Waals surface area contributed by atoms with E-state index in [1.807, 2.05) is 66.1 Å². The summed E-state index contributed by atoms with van der Waals surface area (Å²) in [5, 5.41) is 23.9. The van der Waals surface area contributed by atoms with Crippen molar-refractivity contribution in [3.05, 3.63) is 71.7 Å². The summed E-state index contributed by atoms with van der Waals surface area (Å²) in [6.07, 6.45) is 3.67. The zero-order chi connectivity index (χ0) is 22.1. The maximum atomic E-state index is 9.62. The molecule has 0 saturated heterocycles. The normalized spacial score (nSPS) is 11.5. The molecule has 5 heteroatoms. The molecule has 0 bridgehead atoms.